The van der Waals surface area contributed by atoms with Gasteiger partial charge in [-0.25, -0.2) is 0 Å². The minimum atomic E-state index is 0.690. The predicted octanol–water partition coefficient (Wildman–Crippen LogP) is 3.64. The van der Waals surface area contributed by atoms with Gasteiger partial charge in [-0.1, -0.05) is 30.4 Å². The second-order valence-corrected chi connectivity index (χ2v) is 5.55. The molecule has 0 fully saturated rings. The van der Waals surface area contributed by atoms with Crippen LogP contribution in [0.3, 0.4) is 0 Å². The second kappa shape index (κ2) is 10.2. The first-order chi connectivity index (χ1) is 10.9. The van der Waals surface area contributed by atoms with Gasteiger partial charge >= 0.3 is 0 Å². The van der Waals surface area contributed by atoms with Gasteiger partial charge in [0.15, 0.2) is 0 Å². The van der Waals surface area contributed by atoms with Crippen molar-refractivity contribution in [1.29, 1.82) is 0 Å². The van der Waals surface area contributed by atoms with E-state index in [0.717, 1.165) is 51.0 Å². The van der Waals surface area contributed by atoms with E-state index < -0.39 is 0 Å². The standard InChI is InChI=1S/C19H27NO2/c20-12-5-10-17-9-4-11-19(15-17)22-14-6-13-21-16-18-7-2-1-3-8-18/h2,4,7-9,11,15H,1,3,5-6,10,12-14,16,20H2. The Hall–Kier alpha value is -1.58. The zero-order valence-electron chi connectivity index (χ0n) is 13.3. The van der Waals surface area contributed by atoms with Crippen LogP contribution < -0.4 is 10.5 Å². The van der Waals surface area contributed by atoms with E-state index in [2.05, 4.69) is 30.4 Å². The SMILES string of the molecule is NCCCc1cccc(OCCCOCC2=CCCC=C2)c1. The Labute approximate surface area is 133 Å². The molecule has 3 heteroatoms. The summed E-state index contributed by atoms with van der Waals surface area (Å²) in [5, 5.41) is 0. The van der Waals surface area contributed by atoms with Crippen molar-refractivity contribution in [1.82, 2.24) is 0 Å². The average molecular weight is 301 g/mol. The summed E-state index contributed by atoms with van der Waals surface area (Å²) in [5.74, 6) is 0.937. The van der Waals surface area contributed by atoms with Crippen molar-refractivity contribution in [3.8, 4) is 5.75 Å². The molecule has 0 aliphatic heterocycles. The molecule has 0 saturated carbocycles. The fraction of sp³-hybridized carbons (Fsp3) is 0.474. The first-order valence-electron chi connectivity index (χ1n) is 8.23. The van der Waals surface area contributed by atoms with Crippen molar-refractivity contribution in [2.45, 2.75) is 32.1 Å². The molecule has 0 amide bonds. The molecule has 1 aromatic carbocycles. The highest BCUT2D eigenvalue weighted by Crippen LogP contribution is 2.15. The number of nitrogens with two attached hydrogens (primary N) is 1. The summed E-state index contributed by atoms with van der Waals surface area (Å²) in [6, 6.07) is 8.27. The second-order valence-electron chi connectivity index (χ2n) is 5.55. The summed E-state index contributed by atoms with van der Waals surface area (Å²) in [6.45, 7) is 2.87. The molecule has 3 nitrogen and oxygen atoms in total. The first kappa shape index (κ1) is 16.8. The summed E-state index contributed by atoms with van der Waals surface area (Å²) in [6.07, 6.45) is 11.8. The molecule has 0 radical (unpaired) electrons. The topological polar surface area (TPSA) is 44.5 Å². The summed E-state index contributed by atoms with van der Waals surface area (Å²) in [4.78, 5) is 0. The van der Waals surface area contributed by atoms with E-state index in [-0.39, 0.29) is 0 Å². The molecule has 0 bridgehead atoms. The lowest BCUT2D eigenvalue weighted by molar-refractivity contribution is 0.139. The number of benzene rings is 1. The molecule has 0 aromatic heterocycles. The van der Waals surface area contributed by atoms with Crippen molar-refractivity contribution in [3.05, 3.63) is 53.6 Å². The van der Waals surface area contributed by atoms with Crippen LogP contribution in [0.5, 0.6) is 5.75 Å². The molecular formula is C19H27NO2. The first-order valence-corrected chi connectivity index (χ1v) is 8.23. The zero-order valence-corrected chi connectivity index (χ0v) is 13.3. The molecule has 1 aliphatic rings. The Morgan fingerprint density at radius 2 is 2.05 bits per heavy atom. The van der Waals surface area contributed by atoms with Crippen molar-refractivity contribution in [2.75, 3.05) is 26.4 Å². The van der Waals surface area contributed by atoms with Crippen LogP contribution in [0.15, 0.2) is 48.1 Å². The number of allylic oxidation sites excluding steroid dienone is 2. The largest absolute Gasteiger partial charge is 0.493 e. The van der Waals surface area contributed by atoms with E-state index in [1.54, 1.807) is 0 Å². The van der Waals surface area contributed by atoms with E-state index in [1.165, 1.54) is 11.1 Å². The monoisotopic (exact) mass is 301 g/mol. The molecule has 120 valence electrons. The third kappa shape index (κ3) is 6.46. The van der Waals surface area contributed by atoms with Crippen LogP contribution in [0, 0.1) is 0 Å². The van der Waals surface area contributed by atoms with E-state index in [1.807, 2.05) is 12.1 Å². The molecule has 0 spiro atoms. The van der Waals surface area contributed by atoms with Crippen LogP contribution >= 0.6 is 0 Å². The zero-order chi connectivity index (χ0) is 15.5. The van der Waals surface area contributed by atoms with Gasteiger partial charge in [0.1, 0.15) is 5.75 Å². The summed E-state index contributed by atoms with van der Waals surface area (Å²) in [5.41, 5.74) is 8.12. The Bertz CT molecular complexity index is 494. The Kier molecular flexibility index (Phi) is 7.78. The molecule has 0 heterocycles. The Balaban J connectivity index is 1.58. The fourth-order valence-corrected chi connectivity index (χ4v) is 2.41. The molecular weight excluding hydrogens is 274 g/mol. The lowest BCUT2D eigenvalue weighted by Crippen LogP contribution is -2.05. The number of hydrogen-bond acceptors (Lipinski definition) is 3. The van der Waals surface area contributed by atoms with Crippen molar-refractivity contribution < 1.29 is 9.47 Å². The fourth-order valence-electron chi connectivity index (χ4n) is 2.41. The highest BCUT2D eigenvalue weighted by Gasteiger charge is 1.99. The van der Waals surface area contributed by atoms with Crippen LogP contribution in [-0.4, -0.2) is 26.4 Å². The minimum absolute atomic E-state index is 0.690. The van der Waals surface area contributed by atoms with Crippen LogP contribution in [0.4, 0.5) is 0 Å². The van der Waals surface area contributed by atoms with E-state index in [0.29, 0.717) is 13.2 Å². The van der Waals surface area contributed by atoms with Gasteiger partial charge in [0.25, 0.3) is 0 Å². The lowest BCUT2D eigenvalue weighted by Gasteiger charge is -2.10. The van der Waals surface area contributed by atoms with Crippen LogP contribution in [0.1, 0.15) is 31.2 Å². The molecule has 1 aromatic rings. The third-order valence-corrected chi connectivity index (χ3v) is 3.61. The summed E-state index contributed by atoms with van der Waals surface area (Å²) < 4.78 is 11.5. The molecule has 0 unspecified atom stereocenters. The van der Waals surface area contributed by atoms with Crippen LogP contribution in [0.2, 0.25) is 0 Å². The highest BCUT2D eigenvalue weighted by atomic mass is 16.5. The van der Waals surface area contributed by atoms with Gasteiger partial charge in [0.05, 0.1) is 19.8 Å². The maximum atomic E-state index is 5.78. The molecule has 2 rings (SSSR count). The van der Waals surface area contributed by atoms with Gasteiger partial charge in [-0.2, -0.15) is 0 Å². The summed E-state index contributed by atoms with van der Waals surface area (Å²) in [7, 11) is 0. The quantitative estimate of drug-likeness (QED) is 0.671. The lowest BCUT2D eigenvalue weighted by atomic mass is 10.1. The Morgan fingerprint density at radius 3 is 2.86 bits per heavy atom. The normalized spacial score (nSPS) is 14.0. The molecule has 0 atom stereocenters. The predicted molar refractivity (Wildman–Crippen MR) is 91.2 cm³/mol. The number of hydrogen-bond donors (Lipinski definition) is 1. The van der Waals surface area contributed by atoms with Crippen LogP contribution in [-0.2, 0) is 11.2 Å². The van der Waals surface area contributed by atoms with Crippen molar-refractivity contribution >= 4 is 0 Å². The Morgan fingerprint density at radius 1 is 1.09 bits per heavy atom. The maximum absolute atomic E-state index is 5.78. The minimum Gasteiger partial charge on any atom is -0.493 e. The van der Waals surface area contributed by atoms with E-state index in [9.17, 15) is 0 Å². The molecule has 22 heavy (non-hydrogen) atoms. The van der Waals surface area contributed by atoms with Gasteiger partial charge in [0.2, 0.25) is 0 Å². The molecule has 1 aliphatic carbocycles. The summed E-state index contributed by atoms with van der Waals surface area (Å²) >= 11 is 0. The maximum Gasteiger partial charge on any atom is 0.119 e. The van der Waals surface area contributed by atoms with Gasteiger partial charge in [-0.15, -0.1) is 0 Å². The number of ether oxygens (including phenoxy) is 2. The van der Waals surface area contributed by atoms with Crippen LogP contribution in [0.25, 0.3) is 0 Å². The third-order valence-electron chi connectivity index (χ3n) is 3.61. The smallest absolute Gasteiger partial charge is 0.119 e. The average Bonchev–Trinajstić information content (AvgIpc) is 2.57. The molecule has 0 saturated heterocycles. The number of rotatable bonds is 10. The van der Waals surface area contributed by atoms with Gasteiger partial charge in [0, 0.05) is 6.42 Å². The van der Waals surface area contributed by atoms with E-state index >= 15 is 0 Å². The van der Waals surface area contributed by atoms with Crippen molar-refractivity contribution in [2.24, 2.45) is 5.73 Å². The van der Waals surface area contributed by atoms with Gasteiger partial charge in [-0.05, 0) is 55.5 Å². The van der Waals surface area contributed by atoms with Gasteiger partial charge in [-0.3, -0.25) is 0 Å². The van der Waals surface area contributed by atoms with Gasteiger partial charge < -0.3 is 15.2 Å². The van der Waals surface area contributed by atoms with E-state index in [4.69, 9.17) is 15.2 Å². The van der Waals surface area contributed by atoms with Crippen molar-refractivity contribution in [3.63, 3.8) is 0 Å². The highest BCUT2D eigenvalue weighted by molar-refractivity contribution is 5.28. The molecule has 2 N–H and O–H groups in total. The number of aryl methyl sites for hydroxylation is 1.